The van der Waals surface area contributed by atoms with E-state index in [-0.39, 0.29) is 24.2 Å². The number of hydrogen-bond donors (Lipinski definition) is 1. The molecule has 0 unspecified atom stereocenters. The maximum Gasteiger partial charge on any atom is 0.343 e. The molecule has 0 amide bonds. The Bertz CT molecular complexity index is 1840. The number of carbonyl (C=O) groups excluding carboxylic acids is 1. The van der Waals surface area contributed by atoms with Crippen molar-refractivity contribution in [3.63, 3.8) is 0 Å². The zero-order valence-corrected chi connectivity index (χ0v) is 22.9. The molecule has 5 aromatic rings. The number of esters is 1. The Morgan fingerprint density at radius 2 is 1.75 bits per heavy atom. The lowest BCUT2D eigenvalue weighted by Gasteiger charge is -2.17. The van der Waals surface area contributed by atoms with Crippen LogP contribution in [0.1, 0.15) is 53.4 Å². The lowest BCUT2D eigenvalue weighted by molar-refractivity contribution is -0.137. The monoisotopic (exact) mass is 537 g/mol. The Morgan fingerprint density at radius 1 is 1.00 bits per heavy atom. The van der Waals surface area contributed by atoms with E-state index in [1.807, 2.05) is 73.3 Å². The number of rotatable bonds is 8. The van der Waals surface area contributed by atoms with Gasteiger partial charge in [-0.25, -0.2) is 9.59 Å². The maximum absolute atomic E-state index is 14.2. The second-order valence-corrected chi connectivity index (χ2v) is 9.99. The Kier molecular flexibility index (Phi) is 7.17. The fraction of sp³-hybridized carbons (Fsp3) is 0.219. The molecule has 204 valence electrons. The number of benzene rings is 3. The number of aliphatic carboxylic acids is 1. The summed E-state index contributed by atoms with van der Waals surface area (Å²) in [5.41, 5.74) is 4.79. The van der Waals surface area contributed by atoms with Gasteiger partial charge >= 0.3 is 17.6 Å². The summed E-state index contributed by atoms with van der Waals surface area (Å²) in [6.07, 6.45) is 3.40. The van der Waals surface area contributed by atoms with Gasteiger partial charge in [0.2, 0.25) is 0 Å². The third-order valence-corrected chi connectivity index (χ3v) is 7.35. The summed E-state index contributed by atoms with van der Waals surface area (Å²) >= 11 is 0. The van der Waals surface area contributed by atoms with Crippen molar-refractivity contribution >= 4 is 33.9 Å². The minimum atomic E-state index is -1.04. The van der Waals surface area contributed by atoms with Crippen LogP contribution in [-0.4, -0.2) is 30.7 Å². The number of allylic oxidation sites excluding steroid dienone is 2. The average Bonchev–Trinajstić information content (AvgIpc) is 3.41. The quantitative estimate of drug-likeness (QED) is 0.200. The van der Waals surface area contributed by atoms with Gasteiger partial charge in [-0.15, -0.1) is 0 Å². The molecule has 0 saturated heterocycles. The molecule has 8 nitrogen and oxygen atoms in total. The van der Waals surface area contributed by atoms with E-state index in [4.69, 9.17) is 4.74 Å². The molecule has 8 heteroatoms. The number of aromatic nitrogens is 3. The molecule has 5 rings (SSSR count). The normalized spacial score (nSPS) is 12.7. The van der Waals surface area contributed by atoms with E-state index in [0.29, 0.717) is 22.4 Å². The number of carboxylic acids is 1. The van der Waals surface area contributed by atoms with E-state index in [1.165, 1.54) is 4.57 Å². The van der Waals surface area contributed by atoms with Gasteiger partial charge < -0.3 is 14.4 Å². The van der Waals surface area contributed by atoms with Gasteiger partial charge in [-0.1, -0.05) is 42.5 Å². The molecule has 0 bridgehead atoms. The maximum atomic E-state index is 14.2. The van der Waals surface area contributed by atoms with Crippen LogP contribution in [0.2, 0.25) is 0 Å². The Hall–Kier alpha value is -4.85. The highest BCUT2D eigenvalue weighted by Crippen LogP contribution is 2.29. The number of fused-ring (bicyclic) bond motifs is 2. The van der Waals surface area contributed by atoms with Crippen molar-refractivity contribution in [3.8, 4) is 0 Å². The van der Waals surface area contributed by atoms with E-state index in [0.717, 1.165) is 22.0 Å². The average molecular weight is 538 g/mol. The first kappa shape index (κ1) is 26.7. The fourth-order valence-corrected chi connectivity index (χ4v) is 5.35. The molecule has 0 radical (unpaired) electrons. The molecule has 0 aliphatic carbocycles. The van der Waals surface area contributed by atoms with Gasteiger partial charge in [-0.3, -0.25) is 13.9 Å². The van der Waals surface area contributed by atoms with Crippen molar-refractivity contribution < 1.29 is 19.4 Å². The summed E-state index contributed by atoms with van der Waals surface area (Å²) in [7, 11) is 1.97. The SMILES string of the molecule is C/C=C(\C)OC(=O)c1ccc2c(c1)n([C@H](CC(=O)O)c1ccccc1)c(=O)n2Cc1cn(C)c2cccc(C)c12. The molecule has 40 heavy (non-hydrogen) atoms. The van der Waals surface area contributed by atoms with Crippen LogP contribution in [0.5, 0.6) is 0 Å². The van der Waals surface area contributed by atoms with Crippen LogP contribution >= 0.6 is 0 Å². The predicted molar refractivity (Wildman–Crippen MR) is 155 cm³/mol. The van der Waals surface area contributed by atoms with Crippen molar-refractivity contribution in [2.75, 3.05) is 0 Å². The molecule has 0 fully saturated rings. The molecule has 1 atom stereocenters. The fourth-order valence-electron chi connectivity index (χ4n) is 5.35. The van der Waals surface area contributed by atoms with Gasteiger partial charge in [0.1, 0.15) is 5.76 Å². The van der Waals surface area contributed by atoms with E-state index < -0.39 is 18.0 Å². The Balaban J connectivity index is 1.75. The molecule has 0 spiro atoms. The highest BCUT2D eigenvalue weighted by molar-refractivity contribution is 5.94. The number of carboxylic acid groups (broad SMARTS) is 1. The molecule has 0 aliphatic heterocycles. The van der Waals surface area contributed by atoms with Crippen molar-refractivity contribution in [2.24, 2.45) is 7.05 Å². The van der Waals surface area contributed by atoms with Crippen molar-refractivity contribution in [2.45, 2.75) is 39.8 Å². The van der Waals surface area contributed by atoms with Crippen LogP contribution in [0.25, 0.3) is 21.9 Å². The van der Waals surface area contributed by atoms with E-state index in [9.17, 15) is 19.5 Å². The summed E-state index contributed by atoms with van der Waals surface area (Å²) in [4.78, 5) is 39.1. The molecule has 0 saturated carbocycles. The first-order valence-corrected chi connectivity index (χ1v) is 13.1. The molecule has 2 aromatic heterocycles. The number of ether oxygens (including phenoxy) is 1. The minimum Gasteiger partial charge on any atom is -0.481 e. The molecule has 3 aromatic carbocycles. The highest BCUT2D eigenvalue weighted by atomic mass is 16.5. The van der Waals surface area contributed by atoms with Crippen molar-refractivity contribution in [3.05, 3.63) is 118 Å². The summed E-state index contributed by atoms with van der Waals surface area (Å²) in [6, 6.07) is 19.4. The third-order valence-electron chi connectivity index (χ3n) is 7.35. The molecule has 0 aliphatic rings. The minimum absolute atomic E-state index is 0.266. The van der Waals surface area contributed by atoms with E-state index in [2.05, 4.69) is 0 Å². The lowest BCUT2D eigenvalue weighted by Crippen LogP contribution is -2.29. The Labute approximate surface area is 231 Å². The summed E-state index contributed by atoms with van der Waals surface area (Å²) in [5, 5.41) is 10.9. The smallest absolute Gasteiger partial charge is 0.343 e. The molecule has 1 N–H and O–H groups in total. The zero-order chi connectivity index (χ0) is 28.6. The topological polar surface area (TPSA) is 95.5 Å². The number of carbonyl (C=O) groups is 2. The molecule has 2 heterocycles. The standard InChI is InChI=1S/C32H31N3O5/c1-5-21(3)40-31(38)23-14-15-25-28(16-23)35(27(17-29(36)37)22-11-7-6-8-12-22)32(39)34(25)19-24-18-33(4)26-13-9-10-20(2)30(24)26/h5-16,18,27H,17,19H2,1-4H3,(H,36,37)/b21-5+/t27-/m1/s1. The number of aryl methyl sites for hydroxylation is 2. The number of hydrogen-bond acceptors (Lipinski definition) is 4. The van der Waals surface area contributed by atoms with Gasteiger partial charge in [0, 0.05) is 24.1 Å². The van der Waals surface area contributed by atoms with Gasteiger partial charge in [-0.05, 0) is 67.8 Å². The first-order valence-electron chi connectivity index (χ1n) is 13.1. The zero-order valence-electron chi connectivity index (χ0n) is 22.9. The lowest BCUT2D eigenvalue weighted by atomic mass is 10.0. The van der Waals surface area contributed by atoms with Crippen molar-refractivity contribution in [1.82, 2.24) is 13.7 Å². The van der Waals surface area contributed by atoms with E-state index in [1.54, 1.807) is 42.7 Å². The van der Waals surface area contributed by atoms with Crippen molar-refractivity contribution in [1.29, 1.82) is 0 Å². The second-order valence-electron chi connectivity index (χ2n) is 9.99. The van der Waals surface area contributed by atoms with Crippen LogP contribution in [0.15, 0.2) is 89.6 Å². The summed E-state index contributed by atoms with van der Waals surface area (Å²) in [6.45, 7) is 5.78. The summed E-state index contributed by atoms with van der Waals surface area (Å²) < 4.78 is 10.6. The van der Waals surface area contributed by atoms with Crippen LogP contribution in [0.3, 0.4) is 0 Å². The van der Waals surface area contributed by atoms with Gasteiger partial charge in [0.25, 0.3) is 0 Å². The van der Waals surface area contributed by atoms with E-state index >= 15 is 0 Å². The summed E-state index contributed by atoms with van der Waals surface area (Å²) in [5.74, 6) is -1.13. The first-order chi connectivity index (χ1) is 19.2. The highest BCUT2D eigenvalue weighted by Gasteiger charge is 2.26. The van der Waals surface area contributed by atoms with Gasteiger partial charge in [0.05, 0.1) is 35.6 Å². The second kappa shape index (κ2) is 10.7. The van der Waals surface area contributed by atoms with Crippen LogP contribution in [-0.2, 0) is 23.1 Å². The molecular formula is C32H31N3O5. The number of imidazole rings is 1. The van der Waals surface area contributed by atoms with Crippen LogP contribution < -0.4 is 5.69 Å². The number of nitrogens with zero attached hydrogens (tertiary/aromatic N) is 3. The Morgan fingerprint density at radius 3 is 2.45 bits per heavy atom. The van der Waals surface area contributed by atoms with Gasteiger partial charge in [0.15, 0.2) is 0 Å². The van der Waals surface area contributed by atoms with Crippen LogP contribution in [0, 0.1) is 6.92 Å². The third kappa shape index (κ3) is 4.84. The van der Waals surface area contributed by atoms with Gasteiger partial charge in [-0.2, -0.15) is 0 Å². The van der Waals surface area contributed by atoms with Crippen LogP contribution in [0.4, 0.5) is 0 Å². The largest absolute Gasteiger partial charge is 0.481 e. The molecular weight excluding hydrogens is 506 g/mol. The predicted octanol–water partition coefficient (Wildman–Crippen LogP) is 5.80.